The van der Waals surface area contributed by atoms with Crippen molar-refractivity contribution in [3.05, 3.63) is 36.5 Å². The number of ether oxygens (including phenoxy) is 1. The average Bonchev–Trinajstić information content (AvgIpc) is 2.95. The molecular weight excluding hydrogens is 341 g/mol. The van der Waals surface area contributed by atoms with E-state index in [-0.39, 0.29) is 0 Å². The normalized spacial score (nSPS) is 31.5. The SMILES string of the molecule is O=P(O)(O)OC1C(O)C(CO)OC(n2ccc3ccccc32)C1O. The summed E-state index contributed by atoms with van der Waals surface area (Å²) in [5.74, 6) is 0. The number of rotatable bonds is 4. The number of benzene rings is 1. The lowest BCUT2D eigenvalue weighted by Gasteiger charge is -2.42. The van der Waals surface area contributed by atoms with Crippen molar-refractivity contribution in [2.75, 3.05) is 6.61 Å². The summed E-state index contributed by atoms with van der Waals surface area (Å²) < 4.78 is 22.8. The molecule has 24 heavy (non-hydrogen) atoms. The second-order valence-electron chi connectivity index (χ2n) is 5.57. The molecule has 3 rings (SSSR count). The van der Waals surface area contributed by atoms with Crippen molar-refractivity contribution >= 4 is 18.7 Å². The Bertz CT molecular complexity index is 758. The van der Waals surface area contributed by atoms with Gasteiger partial charge in [0.15, 0.2) is 6.23 Å². The van der Waals surface area contributed by atoms with E-state index in [0.29, 0.717) is 5.52 Å². The third-order valence-corrected chi connectivity index (χ3v) is 4.52. The van der Waals surface area contributed by atoms with E-state index < -0.39 is 45.1 Å². The van der Waals surface area contributed by atoms with Gasteiger partial charge in [0.2, 0.25) is 0 Å². The standard InChI is InChI=1S/C14H18NO8P/c16-7-10-11(17)13(23-24(19,20)21)12(18)14(22-10)15-6-5-8-3-1-2-4-9(8)15/h1-6,10-14,16-18H,7H2,(H2,19,20,21). The van der Waals surface area contributed by atoms with Crippen LogP contribution in [0.2, 0.25) is 0 Å². The molecule has 0 spiro atoms. The molecule has 0 saturated carbocycles. The molecule has 1 aromatic heterocycles. The monoisotopic (exact) mass is 359 g/mol. The molecule has 132 valence electrons. The van der Waals surface area contributed by atoms with Gasteiger partial charge in [0.25, 0.3) is 0 Å². The summed E-state index contributed by atoms with van der Waals surface area (Å²) in [4.78, 5) is 18.0. The summed E-state index contributed by atoms with van der Waals surface area (Å²) in [7, 11) is -4.96. The maximum Gasteiger partial charge on any atom is 0.470 e. The zero-order chi connectivity index (χ0) is 17.5. The van der Waals surface area contributed by atoms with Crippen molar-refractivity contribution in [3.8, 4) is 0 Å². The number of aliphatic hydroxyl groups is 3. The smallest absolute Gasteiger partial charge is 0.394 e. The lowest BCUT2D eigenvalue weighted by Crippen LogP contribution is -2.57. The van der Waals surface area contributed by atoms with Crippen LogP contribution in [0, 0.1) is 0 Å². The van der Waals surface area contributed by atoms with Crippen LogP contribution in [0.1, 0.15) is 6.23 Å². The van der Waals surface area contributed by atoms with Gasteiger partial charge in [-0.1, -0.05) is 18.2 Å². The highest BCUT2D eigenvalue weighted by atomic mass is 31.2. The summed E-state index contributed by atoms with van der Waals surface area (Å²) in [6.07, 6.45) is -5.41. The fourth-order valence-corrected chi connectivity index (χ4v) is 3.47. The highest BCUT2D eigenvalue weighted by Crippen LogP contribution is 2.43. The Kier molecular flexibility index (Phi) is 4.78. The Hall–Kier alpha value is -1.29. The maximum atomic E-state index is 11.1. The third-order valence-electron chi connectivity index (χ3n) is 4.00. The summed E-state index contributed by atoms with van der Waals surface area (Å²) in [5, 5.41) is 30.8. The van der Waals surface area contributed by atoms with Crippen LogP contribution in [0.15, 0.2) is 36.5 Å². The molecule has 5 N–H and O–H groups in total. The van der Waals surface area contributed by atoms with Crippen molar-refractivity contribution in [3.63, 3.8) is 0 Å². The molecule has 5 atom stereocenters. The van der Waals surface area contributed by atoms with Gasteiger partial charge in [-0.3, -0.25) is 4.52 Å². The quantitative estimate of drug-likeness (QED) is 0.470. The van der Waals surface area contributed by atoms with Crippen molar-refractivity contribution < 1.29 is 38.9 Å². The Balaban J connectivity index is 1.99. The van der Waals surface area contributed by atoms with Crippen LogP contribution in [0.4, 0.5) is 0 Å². The Morgan fingerprint density at radius 2 is 1.88 bits per heavy atom. The summed E-state index contributed by atoms with van der Waals surface area (Å²) in [5.41, 5.74) is 0.713. The Labute approximate surface area is 136 Å². The van der Waals surface area contributed by atoms with Gasteiger partial charge in [-0.15, -0.1) is 0 Å². The molecule has 0 amide bonds. The van der Waals surface area contributed by atoms with Crippen LogP contribution in [-0.2, 0) is 13.8 Å². The Morgan fingerprint density at radius 1 is 1.17 bits per heavy atom. The predicted octanol–water partition coefficient (Wildman–Crippen LogP) is -0.269. The van der Waals surface area contributed by atoms with E-state index in [0.717, 1.165) is 5.39 Å². The number of aromatic nitrogens is 1. The molecular formula is C14H18NO8P. The predicted molar refractivity (Wildman–Crippen MR) is 81.9 cm³/mol. The summed E-state index contributed by atoms with van der Waals surface area (Å²) >= 11 is 0. The molecule has 5 unspecified atom stereocenters. The average molecular weight is 359 g/mol. The van der Waals surface area contributed by atoms with Crippen LogP contribution in [0.3, 0.4) is 0 Å². The highest BCUT2D eigenvalue weighted by molar-refractivity contribution is 7.46. The van der Waals surface area contributed by atoms with Gasteiger partial charge in [0.05, 0.1) is 12.1 Å². The molecule has 0 aliphatic carbocycles. The van der Waals surface area contributed by atoms with E-state index in [4.69, 9.17) is 14.5 Å². The molecule has 1 fully saturated rings. The lowest BCUT2D eigenvalue weighted by molar-refractivity contribution is -0.246. The lowest BCUT2D eigenvalue weighted by atomic mass is 9.98. The van der Waals surface area contributed by atoms with E-state index in [1.165, 1.54) is 0 Å². The highest BCUT2D eigenvalue weighted by Gasteiger charge is 2.48. The van der Waals surface area contributed by atoms with Crippen molar-refractivity contribution in [1.82, 2.24) is 4.57 Å². The van der Waals surface area contributed by atoms with Crippen molar-refractivity contribution in [2.24, 2.45) is 0 Å². The topological polar surface area (TPSA) is 142 Å². The largest absolute Gasteiger partial charge is 0.470 e. The van der Waals surface area contributed by atoms with Crippen LogP contribution in [0.5, 0.6) is 0 Å². The summed E-state index contributed by atoms with van der Waals surface area (Å²) in [6, 6.07) is 9.04. The zero-order valence-electron chi connectivity index (χ0n) is 12.4. The second-order valence-corrected chi connectivity index (χ2v) is 6.76. The van der Waals surface area contributed by atoms with Crippen LogP contribution < -0.4 is 0 Å². The van der Waals surface area contributed by atoms with Gasteiger partial charge in [0, 0.05) is 6.20 Å². The van der Waals surface area contributed by atoms with Crippen LogP contribution in [-0.4, -0.2) is 60.7 Å². The number of hydrogen-bond donors (Lipinski definition) is 5. The summed E-state index contributed by atoms with van der Waals surface area (Å²) in [6.45, 7) is -0.607. The number of hydrogen-bond acceptors (Lipinski definition) is 6. The number of para-hydroxylation sites is 1. The molecule has 0 bridgehead atoms. The molecule has 2 aromatic rings. The minimum Gasteiger partial charge on any atom is -0.394 e. The molecule has 2 heterocycles. The van der Waals surface area contributed by atoms with E-state index in [1.54, 1.807) is 29.0 Å². The molecule has 1 aromatic carbocycles. The van der Waals surface area contributed by atoms with Crippen molar-refractivity contribution in [1.29, 1.82) is 0 Å². The zero-order valence-corrected chi connectivity index (χ0v) is 13.3. The molecule has 1 aliphatic rings. The molecule has 0 radical (unpaired) electrons. The van der Waals surface area contributed by atoms with Gasteiger partial charge in [-0.2, -0.15) is 0 Å². The van der Waals surface area contributed by atoms with Gasteiger partial charge in [-0.25, -0.2) is 4.57 Å². The van der Waals surface area contributed by atoms with Gasteiger partial charge >= 0.3 is 7.82 Å². The van der Waals surface area contributed by atoms with Gasteiger partial charge in [0.1, 0.15) is 24.4 Å². The number of nitrogens with zero attached hydrogens (tertiary/aromatic N) is 1. The number of phosphoric ester groups is 1. The maximum absolute atomic E-state index is 11.1. The fourth-order valence-electron chi connectivity index (χ4n) is 2.91. The van der Waals surface area contributed by atoms with Gasteiger partial charge < -0.3 is 34.4 Å². The van der Waals surface area contributed by atoms with Crippen molar-refractivity contribution in [2.45, 2.75) is 30.6 Å². The van der Waals surface area contributed by atoms with Crippen LogP contribution >= 0.6 is 7.82 Å². The van der Waals surface area contributed by atoms with E-state index >= 15 is 0 Å². The minimum absolute atomic E-state index is 0.607. The molecule has 9 nitrogen and oxygen atoms in total. The first-order valence-corrected chi connectivity index (χ1v) is 8.77. The second kappa shape index (κ2) is 6.55. The first-order valence-electron chi connectivity index (χ1n) is 7.24. The van der Waals surface area contributed by atoms with E-state index in [9.17, 15) is 19.9 Å². The van der Waals surface area contributed by atoms with E-state index in [1.807, 2.05) is 12.1 Å². The number of aliphatic hydroxyl groups excluding tert-OH is 3. The van der Waals surface area contributed by atoms with Crippen LogP contribution in [0.25, 0.3) is 10.9 Å². The first-order chi connectivity index (χ1) is 11.3. The molecule has 1 aliphatic heterocycles. The number of phosphoric acid groups is 1. The first kappa shape index (κ1) is 17.5. The fraction of sp³-hybridized carbons (Fsp3) is 0.429. The van der Waals surface area contributed by atoms with E-state index in [2.05, 4.69) is 4.52 Å². The Morgan fingerprint density at radius 3 is 2.54 bits per heavy atom. The number of fused-ring (bicyclic) bond motifs is 1. The molecule has 10 heteroatoms. The third kappa shape index (κ3) is 3.26. The minimum atomic E-state index is -4.96. The van der Waals surface area contributed by atoms with Gasteiger partial charge in [-0.05, 0) is 17.5 Å². The molecule has 1 saturated heterocycles.